The average molecular weight is 426 g/mol. The van der Waals surface area contributed by atoms with Crippen LogP contribution in [-0.4, -0.2) is 58.6 Å². The van der Waals surface area contributed by atoms with Gasteiger partial charge in [-0.1, -0.05) is 11.6 Å². The molecule has 1 aromatic rings. The monoisotopic (exact) mass is 425 g/mol. The first kappa shape index (κ1) is 20.4. The van der Waals surface area contributed by atoms with Gasteiger partial charge in [0.15, 0.2) is 5.72 Å². The van der Waals surface area contributed by atoms with E-state index in [9.17, 15) is 38.8 Å². The van der Waals surface area contributed by atoms with Crippen LogP contribution in [0.5, 0.6) is 0 Å². The molecule has 2 N–H and O–H groups in total. The molecular formula is C15H14ClF2NO7S-2. The molecule has 8 nitrogen and oxygen atoms in total. The lowest BCUT2D eigenvalue weighted by atomic mass is 9.83. The highest BCUT2D eigenvalue weighted by atomic mass is 35.5. The number of piperidine rings is 1. The van der Waals surface area contributed by atoms with E-state index in [1.165, 1.54) is 0 Å². The van der Waals surface area contributed by atoms with E-state index in [0.29, 0.717) is 0 Å². The van der Waals surface area contributed by atoms with Crippen molar-refractivity contribution < 1.29 is 43.5 Å². The van der Waals surface area contributed by atoms with Crippen LogP contribution in [-0.2, 0) is 25.8 Å². The summed E-state index contributed by atoms with van der Waals surface area (Å²) in [4.78, 5) is 23.2. The third-order valence-corrected chi connectivity index (χ3v) is 6.45. The van der Waals surface area contributed by atoms with Gasteiger partial charge in [-0.2, -0.15) is 8.78 Å². The van der Waals surface area contributed by atoms with Crippen molar-refractivity contribution in [3.63, 3.8) is 0 Å². The topological polar surface area (TPSA) is 133 Å². The Morgan fingerprint density at radius 1 is 1.37 bits per heavy atom. The molecule has 1 aromatic heterocycles. The Kier molecular flexibility index (Phi) is 4.98. The Labute approximate surface area is 160 Å². The second-order valence-corrected chi connectivity index (χ2v) is 8.19. The lowest BCUT2D eigenvalue weighted by Crippen LogP contribution is -2.71. The van der Waals surface area contributed by atoms with E-state index in [0.717, 1.165) is 22.3 Å². The number of fused-ring (bicyclic) bond motifs is 2. The van der Waals surface area contributed by atoms with Gasteiger partial charge in [0.1, 0.15) is 18.3 Å². The first-order valence-electron chi connectivity index (χ1n) is 7.84. The standard InChI is InChI=1S/C15H16ClF2NO7S/c16-8-5-7-10(27-8)13(26-6-14(7,17)18)1-3-19(4-2-13)15(25,12(23)24)9(20)11(21)22/h5,9,20,25H,1-4,6H2,(H,21,22)(H,23,24)/p-2. The van der Waals surface area contributed by atoms with Gasteiger partial charge in [0.2, 0.25) is 0 Å². The van der Waals surface area contributed by atoms with Gasteiger partial charge >= 0.3 is 0 Å². The third-order valence-electron chi connectivity index (χ3n) is 5.00. The summed E-state index contributed by atoms with van der Waals surface area (Å²) in [6.07, 6.45) is -2.84. The summed E-state index contributed by atoms with van der Waals surface area (Å²) in [6.45, 7) is -1.43. The smallest absolute Gasteiger partial charge is 0.297 e. The van der Waals surface area contributed by atoms with Crippen molar-refractivity contribution in [3.8, 4) is 0 Å². The molecule has 0 bridgehead atoms. The molecule has 3 heterocycles. The van der Waals surface area contributed by atoms with Crippen LogP contribution in [0.25, 0.3) is 0 Å². The fraction of sp³-hybridized carbons (Fsp3) is 0.600. The number of carbonyl (C=O) groups excluding carboxylic acids is 2. The number of carboxylic acids is 2. The molecular weight excluding hydrogens is 412 g/mol. The molecule has 0 radical (unpaired) electrons. The average Bonchev–Trinajstić information content (AvgIpc) is 3.02. The number of thiophene rings is 1. The Balaban J connectivity index is 1.89. The van der Waals surface area contributed by atoms with Crippen molar-refractivity contribution >= 4 is 34.9 Å². The zero-order valence-corrected chi connectivity index (χ0v) is 15.2. The Bertz CT molecular complexity index is 780. The first-order valence-corrected chi connectivity index (χ1v) is 9.03. The van der Waals surface area contributed by atoms with Gasteiger partial charge in [-0.15, -0.1) is 11.3 Å². The highest BCUT2D eigenvalue weighted by Crippen LogP contribution is 2.52. The molecule has 2 atom stereocenters. The molecule has 0 saturated carbocycles. The molecule has 1 saturated heterocycles. The first-order chi connectivity index (χ1) is 12.4. The molecule has 2 aliphatic heterocycles. The zero-order chi connectivity index (χ0) is 20.2. The van der Waals surface area contributed by atoms with E-state index in [2.05, 4.69) is 0 Å². The minimum Gasteiger partial charge on any atom is -0.547 e. The Hall–Kier alpha value is -1.37. The molecule has 150 valence electrons. The van der Waals surface area contributed by atoms with Crippen LogP contribution in [0.15, 0.2) is 6.07 Å². The quantitative estimate of drug-likeness (QED) is 0.587. The summed E-state index contributed by atoms with van der Waals surface area (Å²) >= 11 is 6.81. The maximum atomic E-state index is 14.1. The van der Waals surface area contributed by atoms with E-state index in [1.54, 1.807) is 0 Å². The Morgan fingerprint density at radius 2 is 1.96 bits per heavy atom. The number of alkyl halides is 2. The number of aliphatic carboxylic acids is 2. The number of hydrogen-bond acceptors (Lipinski definition) is 9. The van der Waals surface area contributed by atoms with Crippen molar-refractivity contribution in [1.29, 1.82) is 0 Å². The second-order valence-electron chi connectivity index (χ2n) is 6.50. The number of aliphatic hydroxyl groups excluding tert-OH is 1. The van der Waals surface area contributed by atoms with Gasteiger partial charge in [0, 0.05) is 23.5 Å². The second kappa shape index (κ2) is 6.61. The number of halogens is 3. The van der Waals surface area contributed by atoms with Crippen LogP contribution < -0.4 is 10.2 Å². The predicted molar refractivity (Wildman–Crippen MR) is 82.6 cm³/mol. The normalized spacial score (nSPS) is 24.8. The van der Waals surface area contributed by atoms with Gasteiger partial charge in [-0.3, -0.25) is 4.90 Å². The summed E-state index contributed by atoms with van der Waals surface area (Å²) in [6, 6.07) is 1.16. The van der Waals surface area contributed by atoms with Crippen molar-refractivity contribution in [2.24, 2.45) is 0 Å². The van der Waals surface area contributed by atoms with E-state index in [1.807, 2.05) is 0 Å². The van der Waals surface area contributed by atoms with Crippen LogP contribution in [0.4, 0.5) is 8.78 Å². The number of rotatable bonds is 4. The van der Waals surface area contributed by atoms with Crippen molar-refractivity contribution in [3.05, 3.63) is 20.8 Å². The molecule has 0 amide bonds. The van der Waals surface area contributed by atoms with E-state index >= 15 is 0 Å². The number of ether oxygens (including phenoxy) is 1. The third kappa shape index (κ3) is 3.12. The number of carboxylic acid groups (broad SMARTS) is 2. The Morgan fingerprint density at radius 3 is 2.48 bits per heavy atom. The molecule has 1 spiro atoms. The zero-order valence-electron chi connectivity index (χ0n) is 13.6. The highest BCUT2D eigenvalue weighted by molar-refractivity contribution is 7.16. The number of nitrogens with zero attached hydrogens (tertiary/aromatic N) is 1. The number of aliphatic hydroxyl groups is 2. The van der Waals surface area contributed by atoms with Crippen molar-refractivity contribution in [1.82, 2.24) is 4.90 Å². The number of hydrogen-bond donors (Lipinski definition) is 2. The predicted octanol–water partition coefficient (Wildman–Crippen LogP) is -1.64. The van der Waals surface area contributed by atoms with E-state index in [-0.39, 0.29) is 40.7 Å². The van der Waals surface area contributed by atoms with Gasteiger partial charge in [-0.25, -0.2) is 0 Å². The fourth-order valence-corrected chi connectivity index (χ4v) is 4.98. The lowest BCUT2D eigenvalue weighted by Gasteiger charge is -2.50. The minimum atomic E-state index is -3.23. The molecule has 27 heavy (non-hydrogen) atoms. The van der Waals surface area contributed by atoms with Gasteiger partial charge in [0.25, 0.3) is 5.92 Å². The van der Waals surface area contributed by atoms with Crippen molar-refractivity contribution in [2.45, 2.75) is 36.2 Å². The molecule has 2 aliphatic rings. The highest BCUT2D eigenvalue weighted by Gasteiger charge is 2.54. The summed E-state index contributed by atoms with van der Waals surface area (Å²) in [5.74, 6) is -7.63. The number of likely N-dealkylation sites (tertiary alicyclic amines) is 1. The van der Waals surface area contributed by atoms with Crippen LogP contribution in [0.1, 0.15) is 23.3 Å². The maximum absolute atomic E-state index is 14.1. The summed E-state index contributed by atoms with van der Waals surface area (Å²) in [7, 11) is 0. The molecule has 1 fully saturated rings. The van der Waals surface area contributed by atoms with E-state index in [4.69, 9.17) is 16.3 Å². The van der Waals surface area contributed by atoms with Crippen molar-refractivity contribution in [2.75, 3.05) is 19.7 Å². The largest absolute Gasteiger partial charge is 0.547 e. The maximum Gasteiger partial charge on any atom is 0.297 e. The molecule has 12 heteroatoms. The van der Waals surface area contributed by atoms with Crippen LogP contribution in [0, 0.1) is 0 Å². The molecule has 3 rings (SSSR count). The van der Waals surface area contributed by atoms with Gasteiger partial charge in [-0.05, 0) is 18.9 Å². The van der Waals surface area contributed by atoms with Gasteiger partial charge in [0.05, 0.1) is 16.3 Å². The molecule has 2 unspecified atom stereocenters. The molecule has 0 aliphatic carbocycles. The lowest BCUT2D eigenvalue weighted by molar-refractivity contribution is -0.360. The fourth-order valence-electron chi connectivity index (χ4n) is 3.50. The van der Waals surface area contributed by atoms with Crippen LogP contribution >= 0.6 is 22.9 Å². The SMILES string of the molecule is O=C([O-])C(O)C(O)(C(=O)[O-])N1CCC2(CC1)OCC(F)(F)c1cc(Cl)sc12. The number of carbonyl (C=O) groups is 2. The molecule has 0 aromatic carbocycles. The summed E-state index contributed by atoms with van der Waals surface area (Å²) in [5.41, 5.74) is -4.67. The minimum absolute atomic E-state index is 0.0394. The van der Waals surface area contributed by atoms with E-state index < -0.39 is 41.9 Å². The summed E-state index contributed by atoms with van der Waals surface area (Å²) < 4.78 is 33.8. The summed E-state index contributed by atoms with van der Waals surface area (Å²) in [5, 5.41) is 42.0. The van der Waals surface area contributed by atoms with Crippen LogP contribution in [0.3, 0.4) is 0 Å². The van der Waals surface area contributed by atoms with Gasteiger partial charge < -0.3 is 34.8 Å². The van der Waals surface area contributed by atoms with Crippen LogP contribution in [0.2, 0.25) is 4.34 Å².